The molecule has 1 fully saturated rings. The van der Waals surface area contributed by atoms with Crippen LogP contribution in [-0.4, -0.2) is 39.6 Å². The van der Waals surface area contributed by atoms with Crippen molar-refractivity contribution in [1.82, 2.24) is 9.88 Å². The van der Waals surface area contributed by atoms with Gasteiger partial charge in [-0.2, -0.15) is 0 Å². The first-order chi connectivity index (χ1) is 13.4. The first-order valence-corrected chi connectivity index (χ1v) is 10.2. The number of aromatic nitrogens is 1. The number of hydrogen-bond acceptors (Lipinski definition) is 5. The van der Waals surface area contributed by atoms with Crippen molar-refractivity contribution >= 4 is 27.5 Å². The van der Waals surface area contributed by atoms with Gasteiger partial charge in [0.15, 0.2) is 11.5 Å². The Bertz CT molecular complexity index is 1030. The summed E-state index contributed by atoms with van der Waals surface area (Å²) in [6.45, 7) is 4.56. The number of carbonyl (C=O) groups excluding carboxylic acids is 1. The van der Waals surface area contributed by atoms with E-state index in [1.54, 1.807) is 37.3 Å². The maximum atomic E-state index is 12.9. The number of aliphatic hydroxyl groups is 1. The van der Waals surface area contributed by atoms with Crippen LogP contribution in [0.2, 0.25) is 0 Å². The quantitative estimate of drug-likeness (QED) is 0.667. The molecule has 6 heteroatoms. The molecule has 0 aliphatic carbocycles. The Morgan fingerprint density at radius 3 is 2.93 bits per heavy atom. The van der Waals surface area contributed by atoms with Crippen molar-refractivity contribution in [2.45, 2.75) is 38.2 Å². The Morgan fingerprint density at radius 1 is 1.32 bits per heavy atom. The van der Waals surface area contributed by atoms with Crippen LogP contribution in [0.1, 0.15) is 53.9 Å². The zero-order valence-corrected chi connectivity index (χ0v) is 16.8. The highest BCUT2D eigenvalue weighted by Gasteiger charge is 2.28. The van der Waals surface area contributed by atoms with Crippen LogP contribution in [0.25, 0.3) is 10.2 Å². The second-order valence-electron chi connectivity index (χ2n) is 7.58. The predicted octanol–water partition coefficient (Wildman–Crippen LogP) is 4.03. The summed E-state index contributed by atoms with van der Waals surface area (Å²) in [5.41, 5.74) is -0.0825. The van der Waals surface area contributed by atoms with Gasteiger partial charge in [-0.15, -0.1) is 11.3 Å². The average molecular weight is 394 g/mol. The van der Waals surface area contributed by atoms with Gasteiger partial charge in [-0.3, -0.25) is 4.79 Å². The second-order valence-corrected chi connectivity index (χ2v) is 8.65. The van der Waals surface area contributed by atoms with Gasteiger partial charge >= 0.3 is 0 Å². The van der Waals surface area contributed by atoms with Crippen molar-refractivity contribution in [2.75, 3.05) is 13.1 Å². The summed E-state index contributed by atoms with van der Waals surface area (Å²) >= 11 is 1.71. The second kappa shape index (κ2) is 7.42. The molecule has 1 aliphatic heterocycles. The summed E-state index contributed by atoms with van der Waals surface area (Å²) in [6.07, 6.45) is 1.97. The SMILES string of the molecule is CC(C)(O)C#Cc1ccc(C(=O)N2CCCC(c3nc4ccccc4s3)C2)o1. The van der Waals surface area contributed by atoms with E-state index < -0.39 is 5.60 Å². The molecule has 1 aliphatic rings. The standard InChI is InChI=1S/C22H22N2O3S/c1-22(2,26)12-11-16-9-10-18(27-16)21(25)24-13-5-6-15(14-24)20-23-17-7-3-4-8-19(17)28-20/h3-4,7-10,15,26H,5-6,13-14H2,1-2H3. The number of para-hydroxylation sites is 1. The summed E-state index contributed by atoms with van der Waals surface area (Å²) < 4.78 is 6.78. The zero-order chi connectivity index (χ0) is 19.7. The summed E-state index contributed by atoms with van der Waals surface area (Å²) in [6, 6.07) is 11.5. The molecular formula is C22H22N2O3S. The molecule has 1 atom stereocenters. The highest BCUT2D eigenvalue weighted by atomic mass is 32.1. The van der Waals surface area contributed by atoms with Gasteiger partial charge in [-0.05, 0) is 56.9 Å². The lowest BCUT2D eigenvalue weighted by atomic mass is 9.98. The highest BCUT2D eigenvalue weighted by Crippen LogP contribution is 2.33. The van der Waals surface area contributed by atoms with Gasteiger partial charge in [0.25, 0.3) is 5.91 Å². The topological polar surface area (TPSA) is 66.6 Å². The van der Waals surface area contributed by atoms with E-state index in [-0.39, 0.29) is 17.6 Å². The zero-order valence-electron chi connectivity index (χ0n) is 15.9. The molecule has 1 amide bonds. The Balaban J connectivity index is 1.49. The summed E-state index contributed by atoms with van der Waals surface area (Å²) in [7, 11) is 0. The van der Waals surface area contributed by atoms with E-state index in [9.17, 15) is 9.90 Å². The monoisotopic (exact) mass is 394 g/mol. The number of furan rings is 1. The lowest BCUT2D eigenvalue weighted by Gasteiger charge is -2.31. The first-order valence-electron chi connectivity index (χ1n) is 9.39. The van der Waals surface area contributed by atoms with E-state index in [0.717, 1.165) is 23.4 Å². The number of carbonyl (C=O) groups is 1. The van der Waals surface area contributed by atoms with E-state index in [4.69, 9.17) is 9.40 Å². The number of nitrogens with zero attached hydrogens (tertiary/aromatic N) is 2. The average Bonchev–Trinajstić information content (AvgIpc) is 3.32. The maximum Gasteiger partial charge on any atom is 0.289 e. The molecule has 4 rings (SSSR count). The van der Waals surface area contributed by atoms with Gasteiger partial charge in [0.2, 0.25) is 0 Å². The number of rotatable bonds is 2. The van der Waals surface area contributed by atoms with Crippen LogP contribution in [0, 0.1) is 11.8 Å². The van der Waals surface area contributed by atoms with E-state index in [1.165, 1.54) is 4.70 Å². The Hall–Kier alpha value is -2.62. The molecule has 1 N–H and O–H groups in total. The molecule has 3 heterocycles. The van der Waals surface area contributed by atoms with Crippen LogP contribution in [0.5, 0.6) is 0 Å². The fourth-order valence-corrected chi connectivity index (χ4v) is 4.41. The third-order valence-corrected chi connectivity index (χ3v) is 5.88. The highest BCUT2D eigenvalue weighted by molar-refractivity contribution is 7.18. The third-order valence-electron chi connectivity index (χ3n) is 4.68. The Morgan fingerprint density at radius 2 is 2.14 bits per heavy atom. The van der Waals surface area contributed by atoms with Crippen molar-refractivity contribution in [3.63, 3.8) is 0 Å². The molecule has 28 heavy (non-hydrogen) atoms. The molecule has 0 radical (unpaired) electrons. The molecule has 5 nitrogen and oxygen atoms in total. The third kappa shape index (κ3) is 4.11. The normalized spacial score (nSPS) is 17.4. The van der Waals surface area contributed by atoms with Gasteiger partial charge in [0.05, 0.1) is 15.2 Å². The number of benzene rings is 1. The number of likely N-dealkylation sites (tertiary alicyclic amines) is 1. The van der Waals surface area contributed by atoms with E-state index >= 15 is 0 Å². The number of amides is 1. The van der Waals surface area contributed by atoms with Gasteiger partial charge in [0.1, 0.15) is 5.60 Å². The number of hydrogen-bond donors (Lipinski definition) is 1. The lowest BCUT2D eigenvalue weighted by Crippen LogP contribution is -2.38. The van der Waals surface area contributed by atoms with Gasteiger partial charge in [-0.25, -0.2) is 4.98 Å². The van der Waals surface area contributed by atoms with Crippen molar-refractivity contribution in [3.8, 4) is 11.8 Å². The number of piperidine rings is 1. The molecule has 0 bridgehead atoms. The van der Waals surface area contributed by atoms with Crippen LogP contribution in [-0.2, 0) is 0 Å². The summed E-state index contributed by atoms with van der Waals surface area (Å²) in [5.74, 6) is 6.25. The van der Waals surface area contributed by atoms with E-state index in [2.05, 4.69) is 17.9 Å². The molecule has 3 aromatic rings. The van der Waals surface area contributed by atoms with Gasteiger partial charge in [0, 0.05) is 19.0 Å². The van der Waals surface area contributed by atoms with Gasteiger partial charge in [-0.1, -0.05) is 18.1 Å². The Labute approximate surface area is 168 Å². The number of fused-ring (bicyclic) bond motifs is 1. The Kier molecular flexibility index (Phi) is 4.96. The van der Waals surface area contributed by atoms with Crippen LogP contribution in [0.4, 0.5) is 0 Å². The van der Waals surface area contributed by atoms with Crippen LogP contribution >= 0.6 is 11.3 Å². The fourth-order valence-electron chi connectivity index (χ4n) is 3.32. The lowest BCUT2D eigenvalue weighted by molar-refractivity contribution is 0.0674. The van der Waals surface area contributed by atoms with Crippen LogP contribution in [0.3, 0.4) is 0 Å². The van der Waals surface area contributed by atoms with E-state index in [1.807, 2.05) is 23.1 Å². The molecule has 1 aromatic carbocycles. The van der Waals surface area contributed by atoms with Gasteiger partial charge < -0.3 is 14.4 Å². The minimum absolute atomic E-state index is 0.123. The minimum Gasteiger partial charge on any atom is -0.443 e. The molecule has 144 valence electrons. The molecule has 1 unspecified atom stereocenters. The maximum absolute atomic E-state index is 12.9. The molecule has 0 spiro atoms. The summed E-state index contributed by atoms with van der Waals surface area (Å²) in [5, 5.41) is 10.8. The first kappa shape index (κ1) is 18.7. The van der Waals surface area contributed by atoms with E-state index in [0.29, 0.717) is 18.8 Å². The van der Waals surface area contributed by atoms with Crippen molar-refractivity contribution < 1.29 is 14.3 Å². The van der Waals surface area contributed by atoms with Crippen LogP contribution < -0.4 is 0 Å². The molecular weight excluding hydrogens is 372 g/mol. The largest absolute Gasteiger partial charge is 0.443 e. The van der Waals surface area contributed by atoms with Crippen molar-refractivity contribution in [3.05, 3.63) is 52.9 Å². The smallest absolute Gasteiger partial charge is 0.289 e. The minimum atomic E-state index is -1.10. The summed E-state index contributed by atoms with van der Waals surface area (Å²) in [4.78, 5) is 19.5. The molecule has 1 saturated heterocycles. The predicted molar refractivity (Wildman–Crippen MR) is 109 cm³/mol. The number of thiazole rings is 1. The molecule has 2 aromatic heterocycles. The fraction of sp³-hybridized carbons (Fsp3) is 0.364. The molecule has 0 saturated carbocycles. The van der Waals surface area contributed by atoms with Crippen LogP contribution in [0.15, 0.2) is 40.8 Å². The van der Waals surface area contributed by atoms with Crippen molar-refractivity contribution in [1.29, 1.82) is 0 Å². The van der Waals surface area contributed by atoms with Crippen molar-refractivity contribution in [2.24, 2.45) is 0 Å².